The summed E-state index contributed by atoms with van der Waals surface area (Å²) < 4.78 is 5.92. The Kier molecular flexibility index (Phi) is 5.08. The van der Waals surface area contributed by atoms with Crippen molar-refractivity contribution in [2.24, 2.45) is 5.92 Å². The smallest absolute Gasteiger partial charge is 0.340 e. The second-order valence-electron chi connectivity index (χ2n) is 6.24. The number of ether oxygens (including phenoxy) is 1. The van der Waals surface area contributed by atoms with E-state index in [1.165, 1.54) is 7.11 Å². The highest BCUT2D eigenvalue weighted by Crippen LogP contribution is 2.27. The fourth-order valence-electron chi connectivity index (χ4n) is 3.01. The molecule has 0 amide bonds. The lowest BCUT2D eigenvalue weighted by Gasteiger charge is -2.32. The van der Waals surface area contributed by atoms with Crippen molar-refractivity contribution in [3.8, 4) is 5.69 Å². The maximum absolute atomic E-state index is 12.7. The Morgan fingerprint density at radius 2 is 1.92 bits per heavy atom. The maximum atomic E-state index is 12.7. The lowest BCUT2D eigenvalue weighted by atomic mass is 9.99. The van der Waals surface area contributed by atoms with Crippen molar-refractivity contribution in [2.45, 2.75) is 19.8 Å². The van der Waals surface area contributed by atoms with E-state index in [1.54, 1.807) is 30.5 Å². The van der Waals surface area contributed by atoms with Crippen molar-refractivity contribution in [1.29, 1.82) is 0 Å². The predicted molar refractivity (Wildman–Crippen MR) is 96.8 cm³/mol. The predicted octanol–water partition coefficient (Wildman–Crippen LogP) is 2.91. The van der Waals surface area contributed by atoms with Gasteiger partial charge < -0.3 is 9.64 Å². The number of carbonyl (C=O) groups excluding carboxylic acids is 1. The van der Waals surface area contributed by atoms with Crippen molar-refractivity contribution in [3.63, 3.8) is 0 Å². The maximum Gasteiger partial charge on any atom is 0.340 e. The first-order chi connectivity index (χ1) is 12.0. The number of para-hydroxylation sites is 1. The summed E-state index contributed by atoms with van der Waals surface area (Å²) in [6, 6.07) is 6.65. The van der Waals surface area contributed by atoms with Gasteiger partial charge in [-0.05, 0) is 30.9 Å². The summed E-state index contributed by atoms with van der Waals surface area (Å²) in [5.74, 6) is 0.143. The van der Waals surface area contributed by atoms with Crippen LogP contribution in [0.2, 0.25) is 5.02 Å². The molecular weight excluding hydrogens is 342 g/mol. The Morgan fingerprint density at radius 3 is 2.60 bits per heavy atom. The zero-order valence-corrected chi connectivity index (χ0v) is 15.0. The van der Waals surface area contributed by atoms with Gasteiger partial charge in [0.25, 0.3) is 5.56 Å². The van der Waals surface area contributed by atoms with Crippen molar-refractivity contribution < 1.29 is 9.53 Å². The third-order valence-electron chi connectivity index (χ3n) is 4.56. The lowest BCUT2D eigenvalue weighted by molar-refractivity contribution is 0.0600. The number of hydrogen-bond acceptors (Lipinski definition) is 5. The lowest BCUT2D eigenvalue weighted by Crippen LogP contribution is -2.35. The molecule has 1 aliphatic rings. The molecule has 1 aromatic carbocycles. The van der Waals surface area contributed by atoms with E-state index in [-0.39, 0.29) is 10.6 Å². The van der Waals surface area contributed by atoms with Crippen LogP contribution in [0.1, 0.15) is 30.1 Å². The fraction of sp³-hybridized carbons (Fsp3) is 0.389. The van der Waals surface area contributed by atoms with Crippen LogP contribution in [0.5, 0.6) is 0 Å². The molecule has 6 nitrogen and oxygen atoms in total. The molecule has 2 heterocycles. The number of methoxy groups -OCH3 is 1. The zero-order valence-electron chi connectivity index (χ0n) is 14.2. The summed E-state index contributed by atoms with van der Waals surface area (Å²) >= 11 is 6.35. The summed E-state index contributed by atoms with van der Waals surface area (Å²) in [4.78, 5) is 26.8. The van der Waals surface area contributed by atoms with E-state index in [0.717, 1.165) is 30.6 Å². The van der Waals surface area contributed by atoms with Gasteiger partial charge in [-0.2, -0.15) is 9.78 Å². The highest BCUT2D eigenvalue weighted by atomic mass is 35.5. The number of piperidine rings is 1. The van der Waals surface area contributed by atoms with Crippen LogP contribution in [0, 0.1) is 5.92 Å². The molecule has 0 radical (unpaired) electrons. The Balaban J connectivity index is 2.02. The minimum atomic E-state index is -0.533. The van der Waals surface area contributed by atoms with Crippen molar-refractivity contribution >= 4 is 23.3 Å². The van der Waals surface area contributed by atoms with E-state index in [9.17, 15) is 9.59 Å². The molecule has 0 aliphatic carbocycles. The second-order valence-corrected chi connectivity index (χ2v) is 6.62. The summed E-state index contributed by atoms with van der Waals surface area (Å²) in [7, 11) is 1.29. The number of halogens is 1. The molecule has 1 aromatic heterocycles. The average Bonchev–Trinajstić information content (AvgIpc) is 2.64. The van der Waals surface area contributed by atoms with Gasteiger partial charge in [-0.3, -0.25) is 4.79 Å². The number of benzene rings is 1. The van der Waals surface area contributed by atoms with Gasteiger partial charge in [0.15, 0.2) is 0 Å². The SMILES string of the molecule is COC(=O)c1ccccc1-n1ncc(N2CCC(C)CC2)c(Cl)c1=O. The first-order valence-corrected chi connectivity index (χ1v) is 8.61. The molecular formula is C18H20ClN3O3. The molecule has 7 heteroatoms. The van der Waals surface area contributed by atoms with Gasteiger partial charge in [-0.1, -0.05) is 30.7 Å². The first-order valence-electron chi connectivity index (χ1n) is 8.23. The monoisotopic (exact) mass is 361 g/mol. The van der Waals surface area contributed by atoms with Gasteiger partial charge >= 0.3 is 5.97 Å². The highest BCUT2D eigenvalue weighted by Gasteiger charge is 2.22. The molecule has 1 saturated heterocycles. The number of anilines is 1. The largest absolute Gasteiger partial charge is 0.465 e. The van der Waals surface area contributed by atoms with Gasteiger partial charge in [0.1, 0.15) is 5.02 Å². The van der Waals surface area contributed by atoms with Gasteiger partial charge in [0.2, 0.25) is 0 Å². The van der Waals surface area contributed by atoms with Crippen molar-refractivity contribution in [3.05, 3.63) is 51.4 Å². The number of carbonyl (C=O) groups is 1. The minimum absolute atomic E-state index is 0.115. The Bertz CT molecular complexity index is 842. The summed E-state index contributed by atoms with van der Waals surface area (Å²) in [5.41, 5.74) is 0.801. The highest BCUT2D eigenvalue weighted by molar-refractivity contribution is 6.33. The summed E-state index contributed by atoms with van der Waals surface area (Å²) in [6.45, 7) is 3.93. The molecule has 0 spiro atoms. The van der Waals surface area contributed by atoms with Gasteiger partial charge in [-0.25, -0.2) is 4.79 Å². The molecule has 132 valence electrons. The molecule has 0 bridgehead atoms. The van der Waals surface area contributed by atoms with Gasteiger partial charge in [-0.15, -0.1) is 0 Å². The quantitative estimate of drug-likeness (QED) is 0.786. The number of aromatic nitrogens is 2. The number of hydrogen-bond donors (Lipinski definition) is 0. The Labute approximate surface area is 151 Å². The molecule has 25 heavy (non-hydrogen) atoms. The average molecular weight is 362 g/mol. The van der Waals surface area contributed by atoms with Crippen LogP contribution in [-0.4, -0.2) is 35.9 Å². The van der Waals surface area contributed by atoms with E-state index < -0.39 is 11.5 Å². The molecule has 1 fully saturated rings. The van der Waals surface area contributed by atoms with E-state index in [4.69, 9.17) is 16.3 Å². The molecule has 3 rings (SSSR count). The van der Waals surface area contributed by atoms with Crippen LogP contribution >= 0.6 is 11.6 Å². The van der Waals surface area contributed by atoms with Crippen LogP contribution in [-0.2, 0) is 4.74 Å². The Hall–Kier alpha value is -2.34. The third-order valence-corrected chi connectivity index (χ3v) is 4.92. The van der Waals surface area contributed by atoms with Crippen LogP contribution in [0.3, 0.4) is 0 Å². The van der Waals surface area contributed by atoms with Crippen LogP contribution in [0.25, 0.3) is 5.69 Å². The Morgan fingerprint density at radius 1 is 1.24 bits per heavy atom. The summed E-state index contributed by atoms with van der Waals surface area (Å²) in [6.07, 6.45) is 3.71. The molecule has 0 unspecified atom stereocenters. The molecule has 0 saturated carbocycles. The topological polar surface area (TPSA) is 64.4 Å². The minimum Gasteiger partial charge on any atom is -0.465 e. The first kappa shape index (κ1) is 17.5. The molecule has 1 aliphatic heterocycles. The van der Waals surface area contributed by atoms with Gasteiger partial charge in [0.05, 0.1) is 30.2 Å². The second kappa shape index (κ2) is 7.27. The normalized spacial score (nSPS) is 15.2. The van der Waals surface area contributed by atoms with Crippen molar-refractivity contribution in [1.82, 2.24) is 9.78 Å². The van der Waals surface area contributed by atoms with E-state index in [1.807, 2.05) is 0 Å². The van der Waals surface area contributed by atoms with E-state index in [2.05, 4.69) is 16.9 Å². The van der Waals surface area contributed by atoms with Crippen LogP contribution < -0.4 is 10.5 Å². The number of nitrogens with zero attached hydrogens (tertiary/aromatic N) is 3. The number of rotatable bonds is 3. The number of esters is 1. The van der Waals surface area contributed by atoms with Gasteiger partial charge in [0, 0.05) is 13.1 Å². The van der Waals surface area contributed by atoms with Crippen molar-refractivity contribution in [2.75, 3.05) is 25.1 Å². The fourth-order valence-corrected chi connectivity index (χ4v) is 3.25. The van der Waals surface area contributed by atoms with E-state index >= 15 is 0 Å². The third kappa shape index (κ3) is 3.39. The molecule has 2 aromatic rings. The zero-order chi connectivity index (χ0) is 18.0. The summed E-state index contributed by atoms with van der Waals surface area (Å²) in [5, 5.41) is 4.37. The van der Waals surface area contributed by atoms with Crippen LogP contribution in [0.4, 0.5) is 5.69 Å². The van der Waals surface area contributed by atoms with E-state index in [0.29, 0.717) is 17.3 Å². The molecule has 0 N–H and O–H groups in total. The standard InChI is InChI=1S/C18H20ClN3O3/c1-12-7-9-21(10-8-12)15-11-20-22(17(23)16(15)19)14-6-4-3-5-13(14)18(24)25-2/h3-6,11-12H,7-10H2,1-2H3. The van der Waals surface area contributed by atoms with Crippen LogP contribution in [0.15, 0.2) is 35.3 Å². The molecule has 0 atom stereocenters.